The second kappa shape index (κ2) is 8.07. The van der Waals surface area contributed by atoms with Gasteiger partial charge >= 0.3 is 0 Å². The Kier molecular flexibility index (Phi) is 6.03. The highest BCUT2D eigenvalue weighted by atomic mass is 16.6. The first-order valence-electron chi connectivity index (χ1n) is 9.51. The molecule has 3 fully saturated rings. The number of benzene rings is 1. The Bertz CT molecular complexity index is 519. The fourth-order valence-corrected chi connectivity index (χ4v) is 4.01. The van der Waals surface area contributed by atoms with E-state index in [1.807, 2.05) is 12.1 Å². The van der Waals surface area contributed by atoms with Crippen molar-refractivity contribution in [2.45, 2.75) is 58.2 Å². The van der Waals surface area contributed by atoms with Crippen molar-refractivity contribution >= 4 is 0 Å². The lowest BCUT2D eigenvalue weighted by Gasteiger charge is -2.39. The Morgan fingerprint density at radius 3 is 2.08 bits per heavy atom. The number of ether oxygens (including phenoxy) is 3. The van der Waals surface area contributed by atoms with Crippen LogP contribution in [0.25, 0.3) is 0 Å². The van der Waals surface area contributed by atoms with Crippen LogP contribution in [0.4, 0.5) is 0 Å². The lowest BCUT2D eigenvalue weighted by Crippen LogP contribution is -2.26. The van der Waals surface area contributed by atoms with Crippen molar-refractivity contribution < 1.29 is 19.3 Å². The van der Waals surface area contributed by atoms with Gasteiger partial charge in [0.15, 0.2) is 0 Å². The van der Waals surface area contributed by atoms with E-state index in [0.29, 0.717) is 29.3 Å². The van der Waals surface area contributed by atoms with Crippen molar-refractivity contribution in [2.75, 3.05) is 26.4 Å². The van der Waals surface area contributed by atoms with Gasteiger partial charge in [-0.3, -0.25) is 0 Å². The summed E-state index contributed by atoms with van der Waals surface area (Å²) < 4.78 is 15.1. The number of phenols is 1. The molecule has 4 atom stereocenters. The first kappa shape index (κ1) is 18.7. The normalized spacial score (nSPS) is 32.4. The van der Waals surface area contributed by atoms with Gasteiger partial charge in [-0.05, 0) is 54.2 Å². The van der Waals surface area contributed by atoms with Gasteiger partial charge in [-0.15, -0.1) is 0 Å². The standard InChI is InChI=1S/C15H22O.C6H10O3/c1-11-8-13(10-15(2,3)9-11)12-4-6-14(16)7-5-12;1(5-3-8-5)7-2-6-4-9-6/h4-7,11,13,16H,8-10H2,1-3H3;5-6H,1-4H2. The second-order valence-corrected chi connectivity index (χ2v) is 8.65. The summed E-state index contributed by atoms with van der Waals surface area (Å²) >= 11 is 0. The molecular formula is C21H32O4. The minimum absolute atomic E-state index is 0.367. The maximum atomic E-state index is 9.31. The van der Waals surface area contributed by atoms with Crippen LogP contribution in [0.5, 0.6) is 5.75 Å². The van der Waals surface area contributed by atoms with Crippen LogP contribution in [0, 0.1) is 11.3 Å². The van der Waals surface area contributed by atoms with Crippen LogP contribution >= 0.6 is 0 Å². The molecule has 0 spiro atoms. The third-order valence-electron chi connectivity index (χ3n) is 5.16. The molecule has 0 amide bonds. The smallest absolute Gasteiger partial charge is 0.115 e. The monoisotopic (exact) mass is 348 g/mol. The molecule has 2 heterocycles. The predicted molar refractivity (Wildman–Crippen MR) is 97.9 cm³/mol. The van der Waals surface area contributed by atoms with E-state index >= 15 is 0 Å². The predicted octanol–water partition coefficient (Wildman–Crippen LogP) is 4.12. The van der Waals surface area contributed by atoms with E-state index in [2.05, 4.69) is 32.9 Å². The van der Waals surface area contributed by atoms with Crippen molar-refractivity contribution in [1.82, 2.24) is 0 Å². The molecule has 0 aromatic heterocycles. The van der Waals surface area contributed by atoms with Crippen LogP contribution in [0.3, 0.4) is 0 Å². The van der Waals surface area contributed by atoms with Crippen LogP contribution in [0.15, 0.2) is 24.3 Å². The van der Waals surface area contributed by atoms with Crippen molar-refractivity contribution in [3.05, 3.63) is 29.8 Å². The molecule has 25 heavy (non-hydrogen) atoms. The third kappa shape index (κ3) is 6.61. The summed E-state index contributed by atoms with van der Waals surface area (Å²) in [6, 6.07) is 7.77. The van der Waals surface area contributed by atoms with Crippen molar-refractivity contribution in [1.29, 1.82) is 0 Å². The summed E-state index contributed by atoms with van der Waals surface area (Å²) in [6.07, 6.45) is 4.67. The zero-order chi connectivity index (χ0) is 17.9. The molecule has 4 nitrogen and oxygen atoms in total. The van der Waals surface area contributed by atoms with Crippen LogP contribution in [0.2, 0.25) is 0 Å². The summed E-state index contributed by atoms with van der Waals surface area (Å²) in [5.74, 6) is 1.84. The van der Waals surface area contributed by atoms with Crippen molar-refractivity contribution in [2.24, 2.45) is 11.3 Å². The first-order chi connectivity index (χ1) is 11.9. The van der Waals surface area contributed by atoms with E-state index < -0.39 is 0 Å². The molecule has 2 aliphatic heterocycles. The van der Waals surface area contributed by atoms with Crippen LogP contribution in [0.1, 0.15) is 51.5 Å². The highest BCUT2D eigenvalue weighted by molar-refractivity contribution is 5.28. The first-order valence-corrected chi connectivity index (χ1v) is 9.51. The molecule has 4 unspecified atom stereocenters. The molecule has 0 bridgehead atoms. The largest absolute Gasteiger partial charge is 0.508 e. The SMILES string of the molecule is C(OCC1CO1)C1CO1.CC1CC(c2ccc(O)cc2)CC(C)(C)C1. The zero-order valence-electron chi connectivity index (χ0n) is 15.7. The molecular weight excluding hydrogens is 316 g/mol. The number of hydrogen-bond acceptors (Lipinski definition) is 4. The fourth-order valence-electron chi connectivity index (χ4n) is 4.01. The summed E-state index contributed by atoms with van der Waals surface area (Å²) in [6.45, 7) is 10.4. The number of epoxide rings is 2. The number of hydrogen-bond donors (Lipinski definition) is 1. The van der Waals surface area contributed by atoms with Crippen molar-refractivity contribution in [3.8, 4) is 5.75 Å². The van der Waals surface area contributed by atoms with Gasteiger partial charge in [-0.2, -0.15) is 0 Å². The molecule has 140 valence electrons. The third-order valence-corrected chi connectivity index (χ3v) is 5.16. The van der Waals surface area contributed by atoms with Gasteiger partial charge in [0, 0.05) is 0 Å². The van der Waals surface area contributed by atoms with Crippen LogP contribution in [-0.4, -0.2) is 43.7 Å². The molecule has 1 saturated carbocycles. The summed E-state index contributed by atoms with van der Waals surface area (Å²) in [5.41, 5.74) is 1.85. The molecule has 3 aliphatic rings. The molecule has 0 radical (unpaired) electrons. The Morgan fingerprint density at radius 2 is 1.60 bits per heavy atom. The second-order valence-electron chi connectivity index (χ2n) is 8.65. The molecule has 1 aliphatic carbocycles. The minimum Gasteiger partial charge on any atom is -0.508 e. The molecule has 1 aromatic carbocycles. The Balaban J connectivity index is 0.000000170. The highest BCUT2D eigenvalue weighted by Crippen LogP contribution is 2.46. The van der Waals surface area contributed by atoms with Gasteiger partial charge in [0.25, 0.3) is 0 Å². The lowest BCUT2D eigenvalue weighted by atomic mass is 9.66. The topological polar surface area (TPSA) is 54.5 Å². The highest BCUT2D eigenvalue weighted by Gasteiger charge is 2.32. The Hall–Kier alpha value is -1.10. The van der Waals surface area contributed by atoms with E-state index in [9.17, 15) is 5.11 Å². The van der Waals surface area contributed by atoms with Gasteiger partial charge in [-0.25, -0.2) is 0 Å². The zero-order valence-corrected chi connectivity index (χ0v) is 15.7. The van der Waals surface area contributed by atoms with Gasteiger partial charge in [0.2, 0.25) is 0 Å². The average Bonchev–Trinajstić information content (AvgIpc) is 3.42. The van der Waals surface area contributed by atoms with Gasteiger partial charge < -0.3 is 19.3 Å². The molecule has 4 heteroatoms. The van der Waals surface area contributed by atoms with Gasteiger partial charge in [0.05, 0.1) is 26.4 Å². The number of aromatic hydroxyl groups is 1. The maximum Gasteiger partial charge on any atom is 0.115 e. The maximum absolute atomic E-state index is 9.31. The molecule has 2 saturated heterocycles. The van der Waals surface area contributed by atoms with Crippen LogP contribution < -0.4 is 0 Å². The Morgan fingerprint density at radius 1 is 1.04 bits per heavy atom. The minimum atomic E-state index is 0.367. The summed E-state index contributed by atoms with van der Waals surface area (Å²) in [7, 11) is 0. The van der Waals surface area contributed by atoms with E-state index in [1.165, 1.54) is 24.8 Å². The number of rotatable bonds is 5. The molecule has 4 rings (SSSR count). The van der Waals surface area contributed by atoms with E-state index in [1.54, 1.807) is 0 Å². The van der Waals surface area contributed by atoms with Crippen LogP contribution in [-0.2, 0) is 14.2 Å². The summed E-state index contributed by atoms with van der Waals surface area (Å²) in [4.78, 5) is 0. The van der Waals surface area contributed by atoms with Gasteiger partial charge in [0.1, 0.15) is 18.0 Å². The van der Waals surface area contributed by atoms with E-state index in [-0.39, 0.29) is 0 Å². The summed E-state index contributed by atoms with van der Waals surface area (Å²) in [5, 5.41) is 9.31. The number of phenolic OH excluding ortho intramolecular Hbond substituents is 1. The quantitative estimate of drug-likeness (QED) is 0.813. The van der Waals surface area contributed by atoms with Gasteiger partial charge in [-0.1, -0.05) is 32.9 Å². The molecule has 1 N–H and O–H groups in total. The van der Waals surface area contributed by atoms with E-state index in [0.717, 1.165) is 32.3 Å². The lowest BCUT2D eigenvalue weighted by molar-refractivity contribution is 0.102. The average molecular weight is 348 g/mol. The molecule has 1 aromatic rings. The van der Waals surface area contributed by atoms with Crippen molar-refractivity contribution in [3.63, 3.8) is 0 Å². The fraction of sp³-hybridized carbons (Fsp3) is 0.714. The Labute approximate surface area is 151 Å². The van der Waals surface area contributed by atoms with E-state index in [4.69, 9.17) is 14.2 Å².